The number of carbonyl (C=O) groups is 1. The molecular formula is C14H13BrO3S. The first kappa shape index (κ1) is 14.1. The zero-order valence-corrected chi connectivity index (χ0v) is 13.0. The van der Waals surface area contributed by atoms with Crippen molar-refractivity contribution >= 4 is 33.0 Å². The van der Waals surface area contributed by atoms with Crippen molar-refractivity contribution in [2.75, 3.05) is 14.2 Å². The number of Topliss-reactive ketones (excluding diaryl/α,β-unsaturated/α-hetero) is 1. The molecule has 3 nitrogen and oxygen atoms in total. The van der Waals surface area contributed by atoms with Crippen molar-refractivity contribution in [3.05, 3.63) is 44.6 Å². The maximum Gasteiger partial charge on any atom is 0.175 e. The average Bonchev–Trinajstić information content (AvgIpc) is 2.83. The largest absolute Gasteiger partial charge is 0.496 e. The van der Waals surface area contributed by atoms with Crippen molar-refractivity contribution < 1.29 is 14.3 Å². The normalized spacial score (nSPS) is 10.3. The van der Waals surface area contributed by atoms with Crippen molar-refractivity contribution in [1.29, 1.82) is 0 Å². The van der Waals surface area contributed by atoms with Crippen LogP contribution in [-0.4, -0.2) is 20.0 Å². The number of carbonyl (C=O) groups excluding carboxylic acids is 1. The molecule has 19 heavy (non-hydrogen) atoms. The van der Waals surface area contributed by atoms with E-state index in [4.69, 9.17) is 9.47 Å². The lowest BCUT2D eigenvalue weighted by Crippen LogP contribution is -2.07. The summed E-state index contributed by atoms with van der Waals surface area (Å²) in [4.78, 5) is 13.4. The summed E-state index contributed by atoms with van der Waals surface area (Å²) in [5, 5.41) is 1.95. The fraction of sp³-hybridized carbons (Fsp3) is 0.214. The molecule has 0 unspecified atom stereocenters. The fourth-order valence-electron chi connectivity index (χ4n) is 1.81. The van der Waals surface area contributed by atoms with Crippen LogP contribution < -0.4 is 9.47 Å². The minimum absolute atomic E-state index is 0.0162. The molecule has 100 valence electrons. The Kier molecular flexibility index (Phi) is 4.61. The third-order valence-electron chi connectivity index (χ3n) is 2.72. The number of hydrogen-bond acceptors (Lipinski definition) is 4. The van der Waals surface area contributed by atoms with E-state index in [-0.39, 0.29) is 5.78 Å². The van der Waals surface area contributed by atoms with Gasteiger partial charge in [-0.3, -0.25) is 4.79 Å². The summed E-state index contributed by atoms with van der Waals surface area (Å²) in [7, 11) is 3.10. The lowest BCUT2D eigenvalue weighted by Gasteiger charge is -2.11. The van der Waals surface area contributed by atoms with Crippen LogP contribution in [0.5, 0.6) is 11.5 Å². The summed E-state index contributed by atoms with van der Waals surface area (Å²) in [6.45, 7) is 0. The molecule has 0 radical (unpaired) electrons. The van der Waals surface area contributed by atoms with Gasteiger partial charge in [-0.25, -0.2) is 0 Å². The van der Waals surface area contributed by atoms with E-state index in [1.54, 1.807) is 43.8 Å². The molecule has 0 spiro atoms. The van der Waals surface area contributed by atoms with Crippen LogP contribution in [0, 0.1) is 0 Å². The number of ketones is 1. The molecule has 2 aromatic rings. The fourth-order valence-corrected chi connectivity index (χ4v) is 3.30. The van der Waals surface area contributed by atoms with Gasteiger partial charge in [0.2, 0.25) is 0 Å². The summed E-state index contributed by atoms with van der Waals surface area (Å²) in [6.07, 6.45) is 0.328. The number of benzene rings is 1. The number of rotatable bonds is 5. The second-order valence-electron chi connectivity index (χ2n) is 3.83. The minimum Gasteiger partial charge on any atom is -0.496 e. The summed E-state index contributed by atoms with van der Waals surface area (Å²) in [6, 6.07) is 7.26. The van der Waals surface area contributed by atoms with Crippen molar-refractivity contribution in [1.82, 2.24) is 0 Å². The van der Waals surface area contributed by atoms with Crippen LogP contribution in [0.3, 0.4) is 0 Å². The molecule has 0 aliphatic rings. The summed E-state index contributed by atoms with van der Waals surface area (Å²) < 4.78 is 11.5. The van der Waals surface area contributed by atoms with E-state index in [9.17, 15) is 4.79 Å². The number of thiophene rings is 1. The topological polar surface area (TPSA) is 35.5 Å². The summed E-state index contributed by atoms with van der Waals surface area (Å²) in [5.74, 6) is 1.06. The van der Waals surface area contributed by atoms with E-state index in [1.165, 1.54) is 0 Å². The van der Waals surface area contributed by atoms with Crippen LogP contribution in [0.1, 0.15) is 15.2 Å². The van der Waals surface area contributed by atoms with Gasteiger partial charge >= 0.3 is 0 Å². The molecule has 0 saturated heterocycles. The SMILES string of the molecule is COc1cccc(OC)c1C(=O)Cc1sccc1Br. The zero-order valence-electron chi connectivity index (χ0n) is 10.6. The third kappa shape index (κ3) is 2.98. The van der Waals surface area contributed by atoms with Gasteiger partial charge in [-0.2, -0.15) is 0 Å². The molecular weight excluding hydrogens is 328 g/mol. The molecule has 0 atom stereocenters. The Morgan fingerprint density at radius 2 is 1.84 bits per heavy atom. The molecule has 0 fully saturated rings. The molecule has 0 aliphatic heterocycles. The first-order chi connectivity index (χ1) is 9.17. The predicted octanol–water partition coefficient (Wildman–Crippen LogP) is 3.95. The highest BCUT2D eigenvalue weighted by Crippen LogP contribution is 2.31. The van der Waals surface area contributed by atoms with Gasteiger partial charge in [-0.05, 0) is 39.5 Å². The van der Waals surface area contributed by atoms with E-state index in [0.29, 0.717) is 23.5 Å². The minimum atomic E-state index is -0.0162. The van der Waals surface area contributed by atoms with Crippen molar-refractivity contribution in [2.24, 2.45) is 0 Å². The monoisotopic (exact) mass is 340 g/mol. The number of methoxy groups -OCH3 is 2. The maximum absolute atomic E-state index is 12.4. The molecule has 2 rings (SSSR count). The van der Waals surface area contributed by atoms with E-state index in [2.05, 4.69) is 15.9 Å². The Labute approximate surface area is 124 Å². The molecule has 0 bridgehead atoms. The summed E-state index contributed by atoms with van der Waals surface area (Å²) in [5.41, 5.74) is 0.493. The van der Waals surface area contributed by atoms with Gasteiger partial charge < -0.3 is 9.47 Å². The van der Waals surface area contributed by atoms with Gasteiger partial charge in [0.1, 0.15) is 17.1 Å². The van der Waals surface area contributed by atoms with Crippen molar-refractivity contribution in [3.8, 4) is 11.5 Å². The molecule has 1 heterocycles. The summed E-state index contributed by atoms with van der Waals surface area (Å²) >= 11 is 4.98. The van der Waals surface area contributed by atoms with Gasteiger partial charge in [-0.1, -0.05) is 6.07 Å². The Hall–Kier alpha value is -1.33. The average molecular weight is 341 g/mol. The molecule has 5 heteroatoms. The second-order valence-corrected chi connectivity index (χ2v) is 5.68. The standard InChI is InChI=1S/C14H13BrO3S/c1-17-11-4-3-5-12(18-2)14(11)10(16)8-13-9(15)6-7-19-13/h3-7H,8H2,1-2H3. The van der Waals surface area contributed by atoms with Gasteiger partial charge in [0.25, 0.3) is 0 Å². The van der Waals surface area contributed by atoms with E-state index in [1.807, 2.05) is 11.4 Å². The zero-order chi connectivity index (χ0) is 13.8. The van der Waals surface area contributed by atoms with Gasteiger partial charge in [0, 0.05) is 15.8 Å². The lowest BCUT2D eigenvalue weighted by atomic mass is 10.0. The van der Waals surface area contributed by atoms with Crippen molar-refractivity contribution in [3.63, 3.8) is 0 Å². The molecule has 0 N–H and O–H groups in total. The Morgan fingerprint density at radius 3 is 2.32 bits per heavy atom. The van der Waals surface area contributed by atoms with Crippen molar-refractivity contribution in [2.45, 2.75) is 6.42 Å². The first-order valence-corrected chi connectivity index (χ1v) is 7.30. The van der Waals surface area contributed by atoms with Gasteiger partial charge in [0.05, 0.1) is 14.2 Å². The van der Waals surface area contributed by atoms with Crippen LogP contribution in [0.2, 0.25) is 0 Å². The van der Waals surface area contributed by atoms with E-state index in [0.717, 1.165) is 9.35 Å². The second kappa shape index (κ2) is 6.21. The van der Waals surface area contributed by atoms with E-state index >= 15 is 0 Å². The van der Waals surface area contributed by atoms with Crippen LogP contribution in [0.15, 0.2) is 34.1 Å². The molecule has 0 amide bonds. The van der Waals surface area contributed by atoms with Crippen LogP contribution in [0.25, 0.3) is 0 Å². The Bertz CT molecular complexity index is 570. The first-order valence-electron chi connectivity index (χ1n) is 5.63. The molecule has 0 saturated carbocycles. The highest BCUT2D eigenvalue weighted by atomic mass is 79.9. The quantitative estimate of drug-likeness (QED) is 0.773. The maximum atomic E-state index is 12.4. The predicted molar refractivity (Wildman–Crippen MR) is 79.6 cm³/mol. The molecule has 1 aromatic carbocycles. The molecule has 1 aromatic heterocycles. The van der Waals surface area contributed by atoms with Gasteiger partial charge in [0.15, 0.2) is 5.78 Å². The highest BCUT2D eigenvalue weighted by molar-refractivity contribution is 9.10. The van der Waals surface area contributed by atoms with Gasteiger partial charge in [-0.15, -0.1) is 11.3 Å². The van der Waals surface area contributed by atoms with E-state index < -0.39 is 0 Å². The third-order valence-corrected chi connectivity index (χ3v) is 4.65. The lowest BCUT2D eigenvalue weighted by molar-refractivity contribution is 0.0987. The van der Waals surface area contributed by atoms with Crippen LogP contribution >= 0.6 is 27.3 Å². The number of halogens is 1. The highest BCUT2D eigenvalue weighted by Gasteiger charge is 2.19. The number of hydrogen-bond donors (Lipinski definition) is 0. The van der Waals surface area contributed by atoms with Crippen LogP contribution in [-0.2, 0) is 6.42 Å². The Morgan fingerprint density at radius 1 is 1.21 bits per heavy atom. The Balaban J connectivity index is 2.35. The number of ether oxygens (including phenoxy) is 2. The molecule has 0 aliphatic carbocycles. The van der Waals surface area contributed by atoms with Crippen LogP contribution in [0.4, 0.5) is 0 Å². The smallest absolute Gasteiger partial charge is 0.175 e.